The summed E-state index contributed by atoms with van der Waals surface area (Å²) in [6, 6.07) is 14.1. The average molecular weight is 412 g/mol. The van der Waals surface area contributed by atoms with E-state index in [0.29, 0.717) is 30.3 Å². The molecule has 2 amide bonds. The van der Waals surface area contributed by atoms with E-state index >= 15 is 0 Å². The van der Waals surface area contributed by atoms with E-state index in [1.54, 1.807) is 32.4 Å². The van der Waals surface area contributed by atoms with Gasteiger partial charge in [-0.25, -0.2) is 4.79 Å². The van der Waals surface area contributed by atoms with E-state index in [1.165, 1.54) is 11.1 Å². The zero-order valence-electron chi connectivity index (χ0n) is 18.7. The van der Waals surface area contributed by atoms with Crippen LogP contribution in [0.1, 0.15) is 31.9 Å². The molecule has 1 aliphatic rings. The minimum Gasteiger partial charge on any atom is -0.497 e. The monoisotopic (exact) mass is 411 g/mol. The number of rotatable bonds is 5. The fraction of sp³-hybridized carbons (Fsp3) is 0.458. The molecule has 1 saturated heterocycles. The molecule has 0 saturated carbocycles. The quantitative estimate of drug-likeness (QED) is 0.795. The SMILES string of the molecule is COc1ccc(OC)c(NC(=O)N2CCN(Cc3ccc(C(C)(C)C)cc3)CC2)c1. The normalized spacial score (nSPS) is 15.0. The molecule has 0 aliphatic carbocycles. The number of hydrogen-bond acceptors (Lipinski definition) is 4. The number of piperazine rings is 1. The van der Waals surface area contributed by atoms with Crippen LogP contribution in [0, 0.1) is 0 Å². The van der Waals surface area contributed by atoms with Crippen LogP contribution in [-0.4, -0.2) is 56.2 Å². The van der Waals surface area contributed by atoms with Gasteiger partial charge in [0, 0.05) is 38.8 Å². The predicted octanol–water partition coefficient (Wildman–Crippen LogP) is 4.35. The average Bonchev–Trinajstić information content (AvgIpc) is 2.74. The number of nitrogens with one attached hydrogen (secondary N) is 1. The standard InChI is InChI=1S/C24H33N3O3/c1-24(2,3)19-8-6-18(7-9-19)17-26-12-14-27(15-13-26)23(28)25-21-16-20(29-4)10-11-22(21)30-5/h6-11,16H,12-15,17H2,1-5H3,(H,25,28). The van der Waals surface area contributed by atoms with E-state index in [9.17, 15) is 4.79 Å². The Morgan fingerprint density at radius 1 is 0.967 bits per heavy atom. The van der Waals surface area contributed by atoms with E-state index in [4.69, 9.17) is 9.47 Å². The molecule has 2 aromatic rings. The molecule has 0 atom stereocenters. The fourth-order valence-corrected chi connectivity index (χ4v) is 3.58. The second kappa shape index (κ2) is 9.39. The Bertz CT molecular complexity index is 851. The minimum atomic E-state index is -0.115. The van der Waals surface area contributed by atoms with Crippen LogP contribution in [0.15, 0.2) is 42.5 Å². The van der Waals surface area contributed by atoms with E-state index in [0.717, 1.165) is 19.6 Å². The number of amides is 2. The maximum absolute atomic E-state index is 12.7. The molecule has 0 unspecified atom stereocenters. The number of nitrogens with zero attached hydrogens (tertiary/aromatic N) is 2. The van der Waals surface area contributed by atoms with Crippen LogP contribution in [0.25, 0.3) is 0 Å². The first-order chi connectivity index (χ1) is 14.3. The van der Waals surface area contributed by atoms with Crippen LogP contribution < -0.4 is 14.8 Å². The van der Waals surface area contributed by atoms with Gasteiger partial charge in [0.2, 0.25) is 0 Å². The van der Waals surface area contributed by atoms with Crippen molar-refractivity contribution in [1.29, 1.82) is 0 Å². The fourth-order valence-electron chi connectivity index (χ4n) is 3.58. The smallest absolute Gasteiger partial charge is 0.322 e. The van der Waals surface area contributed by atoms with Crippen LogP contribution in [0.3, 0.4) is 0 Å². The molecule has 0 spiro atoms. The second-order valence-corrected chi connectivity index (χ2v) is 8.71. The van der Waals surface area contributed by atoms with Gasteiger partial charge in [0.25, 0.3) is 0 Å². The highest BCUT2D eigenvalue weighted by atomic mass is 16.5. The molecule has 0 bridgehead atoms. The van der Waals surface area contributed by atoms with Crippen molar-refractivity contribution in [3.8, 4) is 11.5 Å². The van der Waals surface area contributed by atoms with E-state index in [2.05, 4.69) is 55.3 Å². The highest BCUT2D eigenvalue weighted by Gasteiger charge is 2.22. The lowest BCUT2D eigenvalue weighted by molar-refractivity contribution is 0.143. The van der Waals surface area contributed by atoms with Crippen LogP contribution in [0.5, 0.6) is 11.5 Å². The summed E-state index contributed by atoms with van der Waals surface area (Å²) in [5.74, 6) is 1.29. The summed E-state index contributed by atoms with van der Waals surface area (Å²) < 4.78 is 10.6. The molecule has 0 aromatic heterocycles. The van der Waals surface area contributed by atoms with Crippen molar-refractivity contribution in [3.63, 3.8) is 0 Å². The first-order valence-corrected chi connectivity index (χ1v) is 10.4. The van der Waals surface area contributed by atoms with E-state index in [1.807, 2.05) is 4.90 Å². The largest absolute Gasteiger partial charge is 0.497 e. The highest BCUT2D eigenvalue weighted by Crippen LogP contribution is 2.29. The number of carbonyl (C=O) groups excluding carboxylic acids is 1. The number of ether oxygens (including phenoxy) is 2. The van der Waals surface area contributed by atoms with Crippen molar-refractivity contribution < 1.29 is 14.3 Å². The van der Waals surface area contributed by atoms with E-state index < -0.39 is 0 Å². The van der Waals surface area contributed by atoms with Gasteiger partial charge in [-0.15, -0.1) is 0 Å². The van der Waals surface area contributed by atoms with Gasteiger partial charge in [0.1, 0.15) is 11.5 Å². The van der Waals surface area contributed by atoms with Crippen molar-refractivity contribution in [2.75, 3.05) is 45.7 Å². The maximum atomic E-state index is 12.7. The number of urea groups is 1. The zero-order chi connectivity index (χ0) is 21.7. The Balaban J connectivity index is 1.53. The van der Waals surface area contributed by atoms with Gasteiger partial charge in [-0.3, -0.25) is 4.90 Å². The van der Waals surface area contributed by atoms with Gasteiger partial charge < -0.3 is 19.7 Å². The number of benzene rings is 2. The van der Waals surface area contributed by atoms with Crippen molar-refractivity contribution in [3.05, 3.63) is 53.6 Å². The summed E-state index contributed by atoms with van der Waals surface area (Å²) in [6.45, 7) is 10.7. The third kappa shape index (κ3) is 5.45. The predicted molar refractivity (Wildman–Crippen MR) is 121 cm³/mol. The molecule has 1 N–H and O–H groups in total. The lowest BCUT2D eigenvalue weighted by Crippen LogP contribution is -2.49. The van der Waals surface area contributed by atoms with Gasteiger partial charge >= 0.3 is 6.03 Å². The van der Waals surface area contributed by atoms with Crippen LogP contribution in [-0.2, 0) is 12.0 Å². The molecule has 1 fully saturated rings. The van der Waals surface area contributed by atoms with Gasteiger partial charge in [-0.2, -0.15) is 0 Å². The Morgan fingerprint density at radius 2 is 1.63 bits per heavy atom. The summed E-state index contributed by atoms with van der Waals surface area (Å²) in [5, 5.41) is 2.95. The van der Waals surface area contributed by atoms with Gasteiger partial charge in [-0.1, -0.05) is 45.0 Å². The van der Waals surface area contributed by atoms with Crippen molar-refractivity contribution >= 4 is 11.7 Å². The summed E-state index contributed by atoms with van der Waals surface area (Å²) >= 11 is 0. The lowest BCUT2D eigenvalue weighted by atomic mass is 9.87. The molecule has 6 nitrogen and oxygen atoms in total. The molecule has 30 heavy (non-hydrogen) atoms. The van der Waals surface area contributed by atoms with Gasteiger partial charge in [0.15, 0.2) is 0 Å². The molecule has 2 aromatic carbocycles. The van der Waals surface area contributed by atoms with E-state index in [-0.39, 0.29) is 11.4 Å². The van der Waals surface area contributed by atoms with Crippen molar-refractivity contribution in [2.45, 2.75) is 32.7 Å². The molecule has 162 valence electrons. The first kappa shape index (κ1) is 22.0. The van der Waals surface area contributed by atoms with Crippen LogP contribution in [0.2, 0.25) is 0 Å². The molecular formula is C24H33N3O3. The lowest BCUT2D eigenvalue weighted by Gasteiger charge is -2.34. The highest BCUT2D eigenvalue weighted by molar-refractivity contribution is 5.91. The Morgan fingerprint density at radius 3 is 2.20 bits per heavy atom. The van der Waals surface area contributed by atoms with Crippen molar-refractivity contribution in [1.82, 2.24) is 9.80 Å². The van der Waals surface area contributed by atoms with Crippen LogP contribution in [0.4, 0.5) is 10.5 Å². The molecule has 6 heteroatoms. The first-order valence-electron chi connectivity index (χ1n) is 10.4. The topological polar surface area (TPSA) is 54.0 Å². The number of anilines is 1. The van der Waals surface area contributed by atoms with Gasteiger partial charge in [-0.05, 0) is 28.7 Å². The number of hydrogen-bond donors (Lipinski definition) is 1. The second-order valence-electron chi connectivity index (χ2n) is 8.71. The summed E-state index contributed by atoms with van der Waals surface area (Å²) in [5.41, 5.74) is 3.44. The molecule has 1 aliphatic heterocycles. The van der Waals surface area contributed by atoms with Crippen molar-refractivity contribution in [2.24, 2.45) is 0 Å². The zero-order valence-corrected chi connectivity index (χ0v) is 18.7. The molecule has 0 radical (unpaired) electrons. The van der Waals surface area contributed by atoms with Crippen LogP contribution >= 0.6 is 0 Å². The molecule has 3 rings (SSSR count). The van der Waals surface area contributed by atoms with Gasteiger partial charge in [0.05, 0.1) is 19.9 Å². The third-order valence-corrected chi connectivity index (χ3v) is 5.53. The Labute approximate surface area is 179 Å². The Kier molecular flexibility index (Phi) is 6.87. The molecular weight excluding hydrogens is 378 g/mol. The summed E-state index contributed by atoms with van der Waals surface area (Å²) in [7, 11) is 3.19. The number of methoxy groups -OCH3 is 2. The minimum absolute atomic E-state index is 0.115. The summed E-state index contributed by atoms with van der Waals surface area (Å²) in [4.78, 5) is 17.0. The maximum Gasteiger partial charge on any atom is 0.322 e. The number of carbonyl (C=O) groups is 1. The molecule has 1 heterocycles. The summed E-state index contributed by atoms with van der Waals surface area (Å²) in [6.07, 6.45) is 0. The third-order valence-electron chi connectivity index (χ3n) is 5.53. The Hall–Kier alpha value is -2.73.